The molecule has 0 spiro atoms. The Morgan fingerprint density at radius 1 is 1.00 bits per heavy atom. The van der Waals surface area contributed by atoms with Gasteiger partial charge in [0.05, 0.1) is 6.54 Å². The Bertz CT molecular complexity index is 1180. The molecule has 0 atom stereocenters. The number of nitrogens with zero attached hydrogens (tertiary/aromatic N) is 5. The first-order chi connectivity index (χ1) is 17.9. The summed E-state index contributed by atoms with van der Waals surface area (Å²) < 4.78 is 30.7. The Balaban J connectivity index is 1.31. The fourth-order valence-electron chi connectivity index (χ4n) is 5.16. The van der Waals surface area contributed by atoms with Gasteiger partial charge >= 0.3 is 12.5 Å². The van der Waals surface area contributed by atoms with Crippen molar-refractivity contribution in [1.29, 1.82) is 0 Å². The molecule has 1 saturated heterocycles. The zero-order valence-electron chi connectivity index (χ0n) is 21.3. The van der Waals surface area contributed by atoms with Gasteiger partial charge in [-0.1, -0.05) is 38.1 Å². The molecular weight excluding hydrogens is 476 g/mol. The summed E-state index contributed by atoms with van der Waals surface area (Å²) in [6, 6.07) is 16.0. The third-order valence-electron chi connectivity index (χ3n) is 7.51. The SMILES string of the molecule is CCc1ccc(N(Cc2ccc(-c3nnc(C(F)F)o3)cc2)C(=O)N2CCN(C3CC(C)C3)CC2)cc1. The monoisotopic (exact) mass is 509 g/mol. The number of aryl methyl sites for hydroxylation is 1. The Kier molecular flexibility index (Phi) is 7.50. The molecule has 1 aliphatic heterocycles. The molecule has 37 heavy (non-hydrogen) atoms. The van der Waals surface area contributed by atoms with E-state index in [-0.39, 0.29) is 11.9 Å². The van der Waals surface area contributed by atoms with E-state index in [1.54, 1.807) is 12.1 Å². The first-order valence-electron chi connectivity index (χ1n) is 13.0. The fourth-order valence-corrected chi connectivity index (χ4v) is 5.16. The Hall–Kier alpha value is -3.33. The zero-order chi connectivity index (χ0) is 25.9. The Morgan fingerprint density at radius 2 is 1.65 bits per heavy atom. The van der Waals surface area contributed by atoms with E-state index in [0.717, 1.165) is 49.8 Å². The topological polar surface area (TPSA) is 65.7 Å². The van der Waals surface area contributed by atoms with Crippen molar-refractivity contribution in [3.63, 3.8) is 0 Å². The lowest BCUT2D eigenvalue weighted by molar-refractivity contribution is 0.0485. The number of rotatable bonds is 7. The van der Waals surface area contributed by atoms with Crippen LogP contribution in [0.1, 0.15) is 50.1 Å². The smallest absolute Gasteiger partial charge is 0.324 e. The van der Waals surface area contributed by atoms with Crippen LogP contribution in [0.15, 0.2) is 52.9 Å². The number of alkyl halides is 2. The van der Waals surface area contributed by atoms with E-state index in [9.17, 15) is 13.6 Å². The molecule has 2 amide bonds. The highest BCUT2D eigenvalue weighted by Crippen LogP contribution is 2.32. The molecule has 0 bridgehead atoms. The number of urea groups is 1. The zero-order valence-corrected chi connectivity index (χ0v) is 21.3. The molecule has 0 radical (unpaired) electrons. The molecular formula is C28H33F2N5O2. The second-order valence-electron chi connectivity index (χ2n) is 10.1. The second-order valence-corrected chi connectivity index (χ2v) is 10.1. The summed E-state index contributed by atoms with van der Waals surface area (Å²) >= 11 is 0. The molecule has 5 rings (SSSR count). The van der Waals surface area contributed by atoms with Crippen LogP contribution in [0, 0.1) is 5.92 Å². The highest BCUT2D eigenvalue weighted by atomic mass is 19.3. The van der Waals surface area contributed by atoms with Gasteiger partial charge in [0, 0.05) is 43.5 Å². The Labute approximate surface area is 216 Å². The number of carbonyl (C=O) groups is 1. The average Bonchev–Trinajstić information content (AvgIpc) is 3.41. The number of aromatic nitrogens is 2. The summed E-state index contributed by atoms with van der Waals surface area (Å²) in [6.07, 6.45) is 0.637. The third-order valence-corrected chi connectivity index (χ3v) is 7.51. The van der Waals surface area contributed by atoms with Gasteiger partial charge in [-0.05, 0) is 60.6 Å². The largest absolute Gasteiger partial charge is 0.415 e. The maximum Gasteiger partial charge on any atom is 0.324 e. The van der Waals surface area contributed by atoms with Gasteiger partial charge in [0.15, 0.2) is 0 Å². The van der Waals surface area contributed by atoms with Crippen molar-refractivity contribution in [1.82, 2.24) is 20.0 Å². The predicted molar refractivity (Wildman–Crippen MR) is 137 cm³/mol. The number of benzene rings is 2. The summed E-state index contributed by atoms with van der Waals surface area (Å²) in [4.78, 5) is 20.0. The minimum atomic E-state index is -2.81. The quantitative estimate of drug-likeness (QED) is 0.404. The van der Waals surface area contributed by atoms with Gasteiger partial charge in [0.2, 0.25) is 5.89 Å². The number of anilines is 1. The van der Waals surface area contributed by atoms with Crippen LogP contribution in [0.2, 0.25) is 0 Å². The molecule has 3 aromatic rings. The van der Waals surface area contributed by atoms with Gasteiger partial charge in [-0.25, -0.2) is 4.79 Å². The lowest BCUT2D eigenvalue weighted by Crippen LogP contribution is -2.57. The van der Waals surface area contributed by atoms with Crippen LogP contribution in [-0.4, -0.2) is 58.2 Å². The van der Waals surface area contributed by atoms with E-state index in [0.29, 0.717) is 18.2 Å². The number of hydrogen-bond donors (Lipinski definition) is 0. The minimum absolute atomic E-state index is 0.00608. The molecule has 1 saturated carbocycles. The van der Waals surface area contributed by atoms with Gasteiger partial charge in [0.25, 0.3) is 5.89 Å². The second kappa shape index (κ2) is 11.0. The number of amides is 2. The van der Waals surface area contributed by atoms with Crippen LogP contribution in [0.4, 0.5) is 19.3 Å². The molecule has 196 valence electrons. The molecule has 1 aromatic heterocycles. The van der Waals surface area contributed by atoms with E-state index in [1.807, 2.05) is 34.1 Å². The van der Waals surface area contributed by atoms with Crippen molar-refractivity contribution < 1.29 is 18.0 Å². The van der Waals surface area contributed by atoms with Crippen molar-refractivity contribution in [2.45, 2.75) is 52.1 Å². The van der Waals surface area contributed by atoms with Gasteiger partial charge in [-0.2, -0.15) is 8.78 Å². The minimum Gasteiger partial charge on any atom is -0.415 e. The van der Waals surface area contributed by atoms with E-state index in [2.05, 4.69) is 41.1 Å². The van der Waals surface area contributed by atoms with Crippen LogP contribution in [0.5, 0.6) is 0 Å². The summed E-state index contributed by atoms with van der Waals surface area (Å²) in [5.74, 6) is 0.158. The molecule has 0 N–H and O–H groups in total. The molecule has 9 heteroatoms. The first kappa shape index (κ1) is 25.3. The van der Waals surface area contributed by atoms with Crippen molar-refractivity contribution in [2.75, 3.05) is 31.1 Å². The van der Waals surface area contributed by atoms with Gasteiger partial charge in [-0.3, -0.25) is 9.80 Å². The molecule has 1 aliphatic carbocycles. The maximum absolute atomic E-state index is 13.8. The van der Waals surface area contributed by atoms with Crippen LogP contribution in [0.25, 0.3) is 11.5 Å². The van der Waals surface area contributed by atoms with Crippen molar-refractivity contribution in [2.24, 2.45) is 5.92 Å². The molecule has 2 fully saturated rings. The van der Waals surface area contributed by atoms with Crippen molar-refractivity contribution >= 4 is 11.7 Å². The highest BCUT2D eigenvalue weighted by molar-refractivity contribution is 5.92. The van der Waals surface area contributed by atoms with Gasteiger partial charge in [0.1, 0.15) is 0 Å². The summed E-state index contributed by atoms with van der Waals surface area (Å²) in [5.41, 5.74) is 3.52. The van der Waals surface area contributed by atoms with E-state index < -0.39 is 12.3 Å². The van der Waals surface area contributed by atoms with Crippen LogP contribution in [-0.2, 0) is 13.0 Å². The Morgan fingerprint density at radius 3 is 2.22 bits per heavy atom. The highest BCUT2D eigenvalue weighted by Gasteiger charge is 2.34. The van der Waals surface area contributed by atoms with Crippen LogP contribution in [0.3, 0.4) is 0 Å². The van der Waals surface area contributed by atoms with Crippen LogP contribution >= 0.6 is 0 Å². The van der Waals surface area contributed by atoms with Crippen molar-refractivity contribution in [3.8, 4) is 11.5 Å². The molecule has 2 heterocycles. The van der Waals surface area contributed by atoms with Crippen LogP contribution < -0.4 is 4.90 Å². The van der Waals surface area contributed by atoms with E-state index in [4.69, 9.17) is 4.42 Å². The van der Waals surface area contributed by atoms with E-state index >= 15 is 0 Å². The number of piperazine rings is 1. The lowest BCUT2D eigenvalue weighted by atomic mass is 9.80. The van der Waals surface area contributed by atoms with E-state index in [1.165, 1.54) is 18.4 Å². The lowest BCUT2D eigenvalue weighted by Gasteiger charge is -2.46. The fraction of sp³-hybridized carbons (Fsp3) is 0.464. The number of halogens is 2. The average molecular weight is 510 g/mol. The predicted octanol–water partition coefficient (Wildman–Crippen LogP) is 5.78. The van der Waals surface area contributed by atoms with Gasteiger partial charge < -0.3 is 9.32 Å². The molecule has 7 nitrogen and oxygen atoms in total. The molecule has 2 aromatic carbocycles. The standard InChI is InChI=1S/C28H33F2N5O2/c1-3-20-6-10-23(11-7-20)35(28(36)34-14-12-33(13-15-34)24-16-19(2)17-24)18-21-4-8-22(9-5-21)26-31-32-27(37-26)25(29)30/h4-11,19,24-25H,3,12-18H2,1-2H3. The first-order valence-corrected chi connectivity index (χ1v) is 13.0. The normalized spacial score (nSPS) is 20.2. The maximum atomic E-state index is 13.8. The summed E-state index contributed by atoms with van der Waals surface area (Å²) in [5, 5.41) is 7.10. The number of carbonyl (C=O) groups excluding carboxylic acids is 1. The number of hydrogen-bond acceptors (Lipinski definition) is 5. The molecule has 0 unspecified atom stereocenters. The molecule has 2 aliphatic rings. The summed E-state index contributed by atoms with van der Waals surface area (Å²) in [6.45, 7) is 8.04. The van der Waals surface area contributed by atoms with Gasteiger partial charge in [-0.15, -0.1) is 10.2 Å². The van der Waals surface area contributed by atoms with Crippen molar-refractivity contribution in [3.05, 3.63) is 65.5 Å². The third kappa shape index (κ3) is 5.66. The summed E-state index contributed by atoms with van der Waals surface area (Å²) in [7, 11) is 0.